The Morgan fingerprint density at radius 1 is 1.00 bits per heavy atom. The van der Waals surface area contributed by atoms with Crippen molar-refractivity contribution in [2.75, 3.05) is 14.2 Å². The summed E-state index contributed by atoms with van der Waals surface area (Å²) < 4.78 is 45.7. The minimum Gasteiger partial charge on any atom is -0.468 e. The van der Waals surface area contributed by atoms with Gasteiger partial charge < -0.3 is 14.8 Å². The Balaban J connectivity index is 5.62. The van der Waals surface area contributed by atoms with Crippen molar-refractivity contribution in [1.29, 1.82) is 0 Å². The number of hydrogen-bond donors (Lipinski definition) is 1. The van der Waals surface area contributed by atoms with Crippen LogP contribution in [0.1, 0.15) is 27.2 Å². The summed E-state index contributed by atoms with van der Waals surface area (Å²) in [6.07, 6.45) is -5.95. The highest BCUT2D eigenvalue weighted by Gasteiger charge is 2.45. The van der Waals surface area contributed by atoms with Crippen LogP contribution in [0.25, 0.3) is 0 Å². The molecule has 0 unspecified atom stereocenters. The predicted octanol–water partition coefficient (Wildman–Crippen LogP) is 1.44. The number of nitrogens with one attached hydrogen (secondary N) is 1. The topological polar surface area (TPSA) is 98.8 Å². The first-order chi connectivity index (χ1) is 11.2. The third kappa shape index (κ3) is 8.23. The average molecular weight is 387 g/mol. The number of amides is 1. The van der Waals surface area contributed by atoms with Gasteiger partial charge >= 0.3 is 24.0 Å². The Hall–Kier alpha value is -1.78. The molecule has 25 heavy (non-hydrogen) atoms. The molecule has 0 saturated carbocycles. The van der Waals surface area contributed by atoms with E-state index in [0.717, 1.165) is 26.0 Å². The van der Waals surface area contributed by atoms with Crippen LogP contribution in [0.3, 0.4) is 0 Å². The molecule has 1 N–H and O–H groups in total. The summed E-state index contributed by atoms with van der Waals surface area (Å²) in [5, 5.41) is 0.891. The molecule has 1 atom stereocenters. The molecule has 0 aliphatic rings. The van der Waals surface area contributed by atoms with Gasteiger partial charge in [-0.2, -0.15) is 13.2 Å². The zero-order valence-corrected chi connectivity index (χ0v) is 15.2. The predicted molar refractivity (Wildman–Crippen MR) is 82.5 cm³/mol. The Morgan fingerprint density at radius 3 is 1.76 bits per heavy atom. The van der Waals surface area contributed by atoms with E-state index in [9.17, 15) is 32.3 Å². The number of thioether (sulfide) groups is 1. The maximum absolute atomic E-state index is 12.5. The molecule has 0 aliphatic carbocycles. The summed E-state index contributed by atoms with van der Waals surface area (Å²) in [4.78, 5) is 46.8. The number of alkyl halides is 3. The van der Waals surface area contributed by atoms with E-state index in [-0.39, 0.29) is 0 Å². The molecule has 0 bridgehead atoms. The molecule has 0 saturated heterocycles. The van der Waals surface area contributed by atoms with Gasteiger partial charge in [0.05, 0.1) is 20.3 Å². The largest absolute Gasteiger partial charge is 0.471 e. The number of ether oxygens (including phenoxy) is 2. The lowest BCUT2D eigenvalue weighted by atomic mass is 9.97. The van der Waals surface area contributed by atoms with Gasteiger partial charge in [0.2, 0.25) is 0 Å². The fraction of sp³-hybridized carbons (Fsp3) is 0.714. The molecule has 0 spiro atoms. The normalized spacial score (nSPS) is 13.2. The number of rotatable bonds is 6. The van der Waals surface area contributed by atoms with Crippen LogP contribution in [-0.2, 0) is 28.7 Å². The summed E-state index contributed by atoms with van der Waals surface area (Å²) in [5.41, 5.74) is 0. The van der Waals surface area contributed by atoms with Crippen molar-refractivity contribution in [2.24, 2.45) is 5.92 Å². The van der Waals surface area contributed by atoms with Gasteiger partial charge in [0.1, 0.15) is 0 Å². The maximum Gasteiger partial charge on any atom is 0.471 e. The first-order valence-electron chi connectivity index (χ1n) is 6.98. The highest BCUT2D eigenvalue weighted by Crippen LogP contribution is 2.27. The van der Waals surface area contributed by atoms with E-state index in [4.69, 9.17) is 0 Å². The number of carbonyl (C=O) groups is 4. The molecule has 0 aliphatic heterocycles. The van der Waals surface area contributed by atoms with Gasteiger partial charge in [0.25, 0.3) is 0 Å². The molecule has 0 radical (unpaired) electrons. The zero-order valence-electron chi connectivity index (χ0n) is 14.4. The first kappa shape index (κ1) is 23.2. The maximum atomic E-state index is 12.5. The van der Waals surface area contributed by atoms with Crippen molar-refractivity contribution >= 4 is 34.7 Å². The minimum atomic E-state index is -5.25. The van der Waals surface area contributed by atoms with Crippen LogP contribution in [0.2, 0.25) is 0 Å². The number of esters is 2. The van der Waals surface area contributed by atoms with Crippen LogP contribution in [0.4, 0.5) is 13.2 Å². The molecule has 0 fully saturated rings. The smallest absolute Gasteiger partial charge is 0.468 e. The SMILES string of the molecule is COC(=O)C(C(=O)OC)[C@@H](CC(=O)SC(C)(C)C)NC(=O)C(F)(F)F. The van der Waals surface area contributed by atoms with Gasteiger partial charge in [-0.25, -0.2) is 0 Å². The van der Waals surface area contributed by atoms with E-state index in [1.54, 1.807) is 20.8 Å². The van der Waals surface area contributed by atoms with Gasteiger partial charge in [0.15, 0.2) is 11.0 Å². The molecule has 7 nitrogen and oxygen atoms in total. The number of halogens is 3. The summed E-state index contributed by atoms with van der Waals surface area (Å²) in [6, 6.07) is -1.77. The number of carbonyl (C=O) groups excluding carboxylic acids is 4. The second-order valence-corrected chi connectivity index (χ2v) is 7.78. The highest BCUT2D eigenvalue weighted by molar-refractivity contribution is 8.14. The highest BCUT2D eigenvalue weighted by atomic mass is 32.2. The van der Waals surface area contributed by atoms with E-state index in [2.05, 4.69) is 9.47 Å². The standard InChI is InChI=1S/C14H20F3NO6S/c1-13(2,3)25-8(19)6-7(18-12(22)14(15,16)17)9(10(20)23-4)11(21)24-5/h7,9H,6H2,1-5H3,(H,18,22)/t7-/m1/s1. The van der Waals surface area contributed by atoms with E-state index in [0.29, 0.717) is 0 Å². The molecule has 0 aromatic rings. The van der Waals surface area contributed by atoms with Crippen LogP contribution < -0.4 is 5.32 Å². The number of hydrogen-bond acceptors (Lipinski definition) is 7. The van der Waals surface area contributed by atoms with Crippen LogP contribution >= 0.6 is 11.8 Å². The van der Waals surface area contributed by atoms with Gasteiger partial charge in [-0.3, -0.25) is 19.2 Å². The Bertz CT molecular complexity index is 514. The van der Waals surface area contributed by atoms with E-state index in [1.807, 2.05) is 0 Å². The molecule has 0 heterocycles. The van der Waals surface area contributed by atoms with E-state index in [1.165, 1.54) is 5.32 Å². The van der Waals surface area contributed by atoms with Crippen LogP contribution in [0, 0.1) is 5.92 Å². The molecule has 0 aromatic heterocycles. The lowest BCUT2D eigenvalue weighted by molar-refractivity contribution is -0.176. The summed E-state index contributed by atoms with van der Waals surface area (Å²) >= 11 is 0.800. The Kier molecular flexibility index (Phi) is 8.42. The van der Waals surface area contributed by atoms with Gasteiger partial charge in [-0.1, -0.05) is 32.5 Å². The van der Waals surface area contributed by atoms with Crippen molar-refractivity contribution in [3.05, 3.63) is 0 Å². The Morgan fingerprint density at radius 2 is 1.44 bits per heavy atom. The van der Waals surface area contributed by atoms with Gasteiger partial charge in [-0.15, -0.1) is 0 Å². The molecular weight excluding hydrogens is 367 g/mol. The summed E-state index contributed by atoms with van der Waals surface area (Å²) in [6.45, 7) is 5.07. The van der Waals surface area contributed by atoms with E-state index < -0.39 is 52.3 Å². The van der Waals surface area contributed by atoms with Crippen molar-refractivity contribution in [3.8, 4) is 0 Å². The van der Waals surface area contributed by atoms with Crippen molar-refractivity contribution in [2.45, 2.75) is 44.2 Å². The number of methoxy groups -OCH3 is 2. The summed E-state index contributed by atoms with van der Waals surface area (Å²) in [5.74, 6) is -6.75. The molecule has 1 amide bonds. The van der Waals surface area contributed by atoms with E-state index >= 15 is 0 Å². The quantitative estimate of drug-likeness (QED) is 0.544. The lowest BCUT2D eigenvalue weighted by Crippen LogP contribution is -2.52. The molecule has 0 rings (SSSR count). The zero-order chi connectivity index (χ0) is 20.0. The van der Waals surface area contributed by atoms with Crippen LogP contribution in [0.5, 0.6) is 0 Å². The van der Waals surface area contributed by atoms with Crippen molar-refractivity contribution in [3.63, 3.8) is 0 Å². The fourth-order valence-corrected chi connectivity index (χ4v) is 2.69. The molecule has 0 aromatic carbocycles. The van der Waals surface area contributed by atoms with Crippen LogP contribution in [0.15, 0.2) is 0 Å². The second kappa shape index (κ2) is 9.07. The molecule has 11 heteroatoms. The minimum absolute atomic E-state index is 0.554. The molecular formula is C14H20F3NO6S. The third-order valence-corrected chi connectivity index (χ3v) is 3.70. The van der Waals surface area contributed by atoms with Crippen LogP contribution in [-0.4, -0.2) is 54.1 Å². The first-order valence-corrected chi connectivity index (χ1v) is 7.79. The monoisotopic (exact) mass is 387 g/mol. The van der Waals surface area contributed by atoms with Crippen molar-refractivity contribution < 1.29 is 41.8 Å². The van der Waals surface area contributed by atoms with Gasteiger partial charge in [0, 0.05) is 11.2 Å². The second-order valence-electron chi connectivity index (χ2n) is 5.89. The third-order valence-electron chi connectivity index (χ3n) is 2.69. The van der Waals surface area contributed by atoms with Crippen molar-refractivity contribution in [1.82, 2.24) is 5.32 Å². The summed E-state index contributed by atoms with van der Waals surface area (Å²) in [7, 11) is 1.82. The Labute approximate surface area is 147 Å². The fourth-order valence-electron chi connectivity index (χ4n) is 1.74. The van der Waals surface area contributed by atoms with Gasteiger partial charge in [-0.05, 0) is 0 Å². The lowest BCUT2D eigenvalue weighted by Gasteiger charge is -2.25. The molecule has 144 valence electrons. The average Bonchev–Trinajstić information content (AvgIpc) is 2.43.